The van der Waals surface area contributed by atoms with Gasteiger partial charge in [-0.2, -0.15) is 4.31 Å². The third-order valence-corrected chi connectivity index (χ3v) is 6.64. The van der Waals surface area contributed by atoms with E-state index < -0.39 is 21.8 Å². The molecular weight excluding hydrogens is 333 g/mol. The Morgan fingerprint density at radius 3 is 2.54 bits per heavy atom. The summed E-state index contributed by atoms with van der Waals surface area (Å²) in [7, 11) is -3.72. The highest BCUT2D eigenvalue weighted by molar-refractivity contribution is 7.89. The molecule has 0 aromatic heterocycles. The van der Waals surface area contributed by atoms with Crippen molar-refractivity contribution in [2.24, 2.45) is 11.8 Å². The van der Waals surface area contributed by atoms with E-state index in [0.29, 0.717) is 25.3 Å². The number of ether oxygens (including phenoxy) is 1. The Morgan fingerprint density at radius 2 is 1.92 bits per heavy atom. The number of benzene rings is 1. The van der Waals surface area contributed by atoms with Gasteiger partial charge in [0.1, 0.15) is 11.9 Å². The standard InChI is InChI=1S/C17H22FNO4S/c1-12(13-4-5-13)23-17(20)14-3-2-10-19(11-14)24(21,22)16-8-6-15(18)7-9-16/h6-9,12-14H,2-5,10-11H2,1H3/t12-,14-/m1/s1. The molecule has 132 valence electrons. The number of nitrogens with zero attached hydrogens (tertiary/aromatic N) is 1. The van der Waals surface area contributed by atoms with Crippen LogP contribution in [0.2, 0.25) is 0 Å². The summed E-state index contributed by atoms with van der Waals surface area (Å²) in [5.74, 6) is -0.775. The smallest absolute Gasteiger partial charge is 0.310 e. The van der Waals surface area contributed by atoms with Crippen molar-refractivity contribution in [3.8, 4) is 0 Å². The molecule has 1 aliphatic carbocycles. The highest BCUT2D eigenvalue weighted by atomic mass is 32.2. The number of carbonyl (C=O) groups is 1. The number of esters is 1. The number of rotatable bonds is 5. The van der Waals surface area contributed by atoms with Crippen molar-refractivity contribution in [1.29, 1.82) is 0 Å². The van der Waals surface area contributed by atoms with Crippen LogP contribution in [0.3, 0.4) is 0 Å². The summed E-state index contributed by atoms with van der Waals surface area (Å²) in [5.41, 5.74) is 0. The van der Waals surface area contributed by atoms with Crippen LogP contribution < -0.4 is 0 Å². The average Bonchev–Trinajstić information content (AvgIpc) is 3.40. The highest BCUT2D eigenvalue weighted by Gasteiger charge is 2.36. The minimum atomic E-state index is -3.72. The highest BCUT2D eigenvalue weighted by Crippen LogP contribution is 2.35. The molecule has 0 bridgehead atoms. The first-order valence-corrected chi connectivity index (χ1v) is 9.78. The van der Waals surface area contributed by atoms with Gasteiger partial charge in [-0.15, -0.1) is 0 Å². The molecule has 0 N–H and O–H groups in total. The Bertz CT molecular complexity index is 700. The molecule has 0 amide bonds. The summed E-state index contributed by atoms with van der Waals surface area (Å²) in [4.78, 5) is 12.3. The van der Waals surface area contributed by atoms with Crippen molar-refractivity contribution in [2.45, 2.75) is 43.6 Å². The molecule has 1 aromatic rings. The van der Waals surface area contributed by atoms with Gasteiger partial charge < -0.3 is 4.74 Å². The first kappa shape index (κ1) is 17.4. The van der Waals surface area contributed by atoms with Gasteiger partial charge in [0.05, 0.1) is 10.8 Å². The Labute approximate surface area is 141 Å². The average molecular weight is 355 g/mol. The van der Waals surface area contributed by atoms with Crippen LogP contribution in [0.5, 0.6) is 0 Å². The molecule has 5 nitrogen and oxygen atoms in total. The zero-order chi connectivity index (χ0) is 17.3. The minimum Gasteiger partial charge on any atom is -0.462 e. The molecule has 0 radical (unpaired) electrons. The Morgan fingerprint density at radius 1 is 1.25 bits per heavy atom. The van der Waals surface area contributed by atoms with Crippen molar-refractivity contribution in [1.82, 2.24) is 4.31 Å². The van der Waals surface area contributed by atoms with Gasteiger partial charge in [-0.3, -0.25) is 4.79 Å². The van der Waals surface area contributed by atoms with Gasteiger partial charge in [0.25, 0.3) is 0 Å². The van der Waals surface area contributed by atoms with E-state index in [0.717, 1.165) is 25.0 Å². The summed E-state index contributed by atoms with van der Waals surface area (Å²) in [6.45, 7) is 2.38. The summed E-state index contributed by atoms with van der Waals surface area (Å²) in [6.07, 6.45) is 3.32. The van der Waals surface area contributed by atoms with Gasteiger partial charge >= 0.3 is 5.97 Å². The SMILES string of the molecule is C[C@@H](OC(=O)[C@@H]1CCCN(S(=O)(=O)c2ccc(F)cc2)C1)C1CC1. The van der Waals surface area contributed by atoms with E-state index in [-0.39, 0.29) is 23.5 Å². The molecule has 1 aliphatic heterocycles. The number of carbonyl (C=O) groups excluding carboxylic acids is 1. The minimum absolute atomic E-state index is 0.0456. The normalized spacial score (nSPS) is 23.7. The second-order valence-corrected chi connectivity index (χ2v) is 8.57. The maximum atomic E-state index is 13.0. The molecule has 0 spiro atoms. The molecule has 1 saturated carbocycles. The summed E-state index contributed by atoms with van der Waals surface area (Å²) in [6, 6.07) is 4.75. The molecule has 1 heterocycles. The molecule has 24 heavy (non-hydrogen) atoms. The van der Waals surface area contributed by atoms with Crippen LogP contribution in [0.1, 0.15) is 32.6 Å². The van der Waals surface area contributed by atoms with Crippen molar-refractivity contribution in [3.05, 3.63) is 30.1 Å². The summed E-state index contributed by atoms with van der Waals surface area (Å²) >= 11 is 0. The van der Waals surface area contributed by atoms with Gasteiger partial charge in [-0.05, 0) is 62.8 Å². The van der Waals surface area contributed by atoms with Crippen molar-refractivity contribution < 1.29 is 22.3 Å². The van der Waals surface area contributed by atoms with E-state index in [1.54, 1.807) is 0 Å². The van der Waals surface area contributed by atoms with Crippen molar-refractivity contribution in [3.63, 3.8) is 0 Å². The Hall–Kier alpha value is -1.47. The number of halogens is 1. The van der Waals surface area contributed by atoms with E-state index in [9.17, 15) is 17.6 Å². The predicted octanol–water partition coefficient (Wildman–Crippen LogP) is 2.57. The second kappa shape index (κ2) is 6.80. The largest absolute Gasteiger partial charge is 0.462 e. The Balaban J connectivity index is 1.67. The number of hydrogen-bond acceptors (Lipinski definition) is 4. The Kier molecular flexibility index (Phi) is 4.92. The predicted molar refractivity (Wildman–Crippen MR) is 86.2 cm³/mol. The molecule has 2 atom stereocenters. The lowest BCUT2D eigenvalue weighted by molar-refractivity contribution is -0.155. The fourth-order valence-electron chi connectivity index (χ4n) is 3.05. The summed E-state index contributed by atoms with van der Waals surface area (Å²) < 4.78 is 45.1. The fourth-order valence-corrected chi connectivity index (χ4v) is 4.57. The van der Waals surface area contributed by atoms with Crippen LogP contribution in [0, 0.1) is 17.7 Å². The zero-order valence-electron chi connectivity index (χ0n) is 13.7. The fraction of sp³-hybridized carbons (Fsp3) is 0.588. The topological polar surface area (TPSA) is 63.7 Å². The van der Waals surface area contributed by atoms with E-state index >= 15 is 0 Å². The lowest BCUT2D eigenvalue weighted by Crippen LogP contribution is -2.43. The second-order valence-electron chi connectivity index (χ2n) is 6.64. The van der Waals surface area contributed by atoms with E-state index in [1.165, 1.54) is 16.4 Å². The van der Waals surface area contributed by atoms with Crippen molar-refractivity contribution in [2.75, 3.05) is 13.1 Å². The zero-order valence-corrected chi connectivity index (χ0v) is 14.5. The van der Waals surface area contributed by atoms with Gasteiger partial charge in [0.2, 0.25) is 10.0 Å². The van der Waals surface area contributed by atoms with E-state index in [4.69, 9.17) is 4.74 Å². The maximum Gasteiger partial charge on any atom is 0.310 e. The number of piperidine rings is 1. The lowest BCUT2D eigenvalue weighted by Gasteiger charge is -2.31. The lowest BCUT2D eigenvalue weighted by atomic mass is 10.00. The molecular formula is C17H22FNO4S. The van der Waals surface area contributed by atoms with Crippen LogP contribution in [0.25, 0.3) is 0 Å². The van der Waals surface area contributed by atoms with Gasteiger partial charge in [-0.25, -0.2) is 12.8 Å². The maximum absolute atomic E-state index is 13.0. The van der Waals surface area contributed by atoms with Crippen LogP contribution in [-0.4, -0.2) is 37.9 Å². The van der Waals surface area contributed by atoms with Crippen LogP contribution >= 0.6 is 0 Å². The number of sulfonamides is 1. The van der Waals surface area contributed by atoms with Crippen molar-refractivity contribution >= 4 is 16.0 Å². The molecule has 1 aromatic carbocycles. The monoisotopic (exact) mass is 355 g/mol. The molecule has 1 saturated heterocycles. The third-order valence-electron chi connectivity index (χ3n) is 4.76. The van der Waals surface area contributed by atoms with Crippen LogP contribution in [0.15, 0.2) is 29.2 Å². The van der Waals surface area contributed by atoms with E-state index in [2.05, 4.69) is 0 Å². The molecule has 0 unspecified atom stereocenters. The molecule has 7 heteroatoms. The quantitative estimate of drug-likeness (QED) is 0.762. The molecule has 3 rings (SSSR count). The first-order valence-electron chi connectivity index (χ1n) is 8.34. The summed E-state index contributed by atoms with van der Waals surface area (Å²) in [5, 5.41) is 0. The van der Waals surface area contributed by atoms with Crippen LogP contribution in [-0.2, 0) is 19.6 Å². The molecule has 2 fully saturated rings. The third kappa shape index (κ3) is 3.78. The molecule has 2 aliphatic rings. The first-order chi connectivity index (χ1) is 11.4. The van der Waals surface area contributed by atoms with Gasteiger partial charge in [0, 0.05) is 13.1 Å². The van der Waals surface area contributed by atoms with Gasteiger partial charge in [-0.1, -0.05) is 0 Å². The number of hydrogen-bond donors (Lipinski definition) is 0. The van der Waals surface area contributed by atoms with Crippen LogP contribution in [0.4, 0.5) is 4.39 Å². The van der Waals surface area contributed by atoms with Gasteiger partial charge in [0.15, 0.2) is 0 Å². The van der Waals surface area contributed by atoms with E-state index in [1.807, 2.05) is 6.92 Å².